The standard InChI is InChI=1S/C14H12N2O2/c15-11-12-2-1-3-14(10-12)18-9-8-16-6-4-13(17)5-7-16/h1-7,10H,8-9H2. The van der Waals surface area contributed by atoms with Crippen LogP contribution in [0.1, 0.15) is 5.56 Å². The molecule has 18 heavy (non-hydrogen) atoms. The van der Waals surface area contributed by atoms with Crippen molar-refractivity contribution in [3.05, 3.63) is 64.6 Å². The van der Waals surface area contributed by atoms with Gasteiger partial charge in [0.05, 0.1) is 18.2 Å². The van der Waals surface area contributed by atoms with Gasteiger partial charge >= 0.3 is 0 Å². The maximum Gasteiger partial charge on any atom is 0.181 e. The Morgan fingerprint density at radius 2 is 2.00 bits per heavy atom. The highest BCUT2D eigenvalue weighted by atomic mass is 16.5. The predicted octanol–water partition coefficient (Wildman–Crippen LogP) is 1.80. The molecule has 0 atom stereocenters. The van der Waals surface area contributed by atoms with Crippen molar-refractivity contribution in [1.82, 2.24) is 4.57 Å². The first-order valence-corrected chi connectivity index (χ1v) is 5.57. The van der Waals surface area contributed by atoms with Crippen LogP contribution in [0.25, 0.3) is 0 Å². The van der Waals surface area contributed by atoms with Gasteiger partial charge in [0.1, 0.15) is 12.4 Å². The van der Waals surface area contributed by atoms with E-state index in [1.165, 1.54) is 12.1 Å². The molecule has 4 nitrogen and oxygen atoms in total. The topological polar surface area (TPSA) is 55.0 Å². The Morgan fingerprint density at radius 1 is 1.22 bits per heavy atom. The molecule has 0 saturated carbocycles. The Hall–Kier alpha value is -2.54. The summed E-state index contributed by atoms with van der Waals surface area (Å²) < 4.78 is 7.40. The van der Waals surface area contributed by atoms with E-state index in [1.54, 1.807) is 30.6 Å². The molecule has 0 amide bonds. The highest BCUT2D eigenvalue weighted by molar-refractivity contribution is 5.36. The Bertz CT molecular complexity index is 606. The van der Waals surface area contributed by atoms with Gasteiger partial charge in [-0.3, -0.25) is 4.79 Å². The molecule has 0 aliphatic heterocycles. The summed E-state index contributed by atoms with van der Waals surface area (Å²) in [5.41, 5.74) is 0.574. The monoisotopic (exact) mass is 240 g/mol. The minimum absolute atomic E-state index is 0.00566. The van der Waals surface area contributed by atoms with Crippen LogP contribution in [0.2, 0.25) is 0 Å². The fourth-order valence-electron chi connectivity index (χ4n) is 1.52. The zero-order chi connectivity index (χ0) is 12.8. The summed E-state index contributed by atoms with van der Waals surface area (Å²) in [5.74, 6) is 0.676. The average molecular weight is 240 g/mol. The number of nitriles is 1. The van der Waals surface area contributed by atoms with Gasteiger partial charge in [0.25, 0.3) is 0 Å². The summed E-state index contributed by atoms with van der Waals surface area (Å²) in [6.45, 7) is 1.13. The molecule has 0 aliphatic rings. The third-order valence-corrected chi connectivity index (χ3v) is 2.44. The second-order valence-electron chi connectivity index (χ2n) is 3.76. The number of aromatic nitrogens is 1. The first-order valence-electron chi connectivity index (χ1n) is 5.57. The summed E-state index contributed by atoms with van der Waals surface area (Å²) in [6.07, 6.45) is 3.44. The smallest absolute Gasteiger partial charge is 0.181 e. The van der Waals surface area contributed by atoms with Crippen LogP contribution >= 0.6 is 0 Å². The summed E-state index contributed by atoms with van der Waals surface area (Å²) >= 11 is 0. The number of hydrogen-bond acceptors (Lipinski definition) is 3. The van der Waals surface area contributed by atoms with Gasteiger partial charge in [-0.1, -0.05) is 6.07 Å². The molecule has 1 aromatic carbocycles. The Balaban J connectivity index is 1.90. The second-order valence-corrected chi connectivity index (χ2v) is 3.76. The molecular formula is C14H12N2O2. The van der Waals surface area contributed by atoms with E-state index in [2.05, 4.69) is 6.07 Å². The number of pyridine rings is 1. The van der Waals surface area contributed by atoms with Crippen LogP contribution in [0, 0.1) is 11.3 Å². The number of ether oxygens (including phenoxy) is 1. The van der Waals surface area contributed by atoms with E-state index >= 15 is 0 Å². The molecule has 1 heterocycles. The van der Waals surface area contributed by atoms with E-state index in [0.717, 1.165) is 0 Å². The molecular weight excluding hydrogens is 228 g/mol. The van der Waals surface area contributed by atoms with E-state index in [1.807, 2.05) is 10.6 Å². The summed E-state index contributed by atoms with van der Waals surface area (Å²) in [6, 6.07) is 12.1. The van der Waals surface area contributed by atoms with E-state index in [4.69, 9.17) is 10.00 Å². The van der Waals surface area contributed by atoms with Crippen molar-refractivity contribution in [1.29, 1.82) is 5.26 Å². The molecule has 0 radical (unpaired) electrons. The molecule has 4 heteroatoms. The largest absolute Gasteiger partial charge is 0.492 e. The van der Waals surface area contributed by atoms with Gasteiger partial charge in [0.15, 0.2) is 5.43 Å². The molecule has 2 rings (SSSR count). The second kappa shape index (κ2) is 5.69. The Morgan fingerprint density at radius 3 is 2.72 bits per heavy atom. The lowest BCUT2D eigenvalue weighted by atomic mass is 10.2. The minimum atomic E-state index is -0.00566. The maximum absolute atomic E-state index is 10.9. The highest BCUT2D eigenvalue weighted by Gasteiger charge is 1.96. The van der Waals surface area contributed by atoms with E-state index < -0.39 is 0 Å². The van der Waals surface area contributed by atoms with E-state index in [9.17, 15) is 4.79 Å². The molecule has 0 unspecified atom stereocenters. The average Bonchev–Trinajstić information content (AvgIpc) is 2.41. The van der Waals surface area contributed by atoms with Crippen LogP contribution in [-0.4, -0.2) is 11.2 Å². The third-order valence-electron chi connectivity index (χ3n) is 2.44. The van der Waals surface area contributed by atoms with Crippen molar-refractivity contribution in [2.45, 2.75) is 6.54 Å². The number of benzene rings is 1. The molecule has 0 aliphatic carbocycles. The zero-order valence-electron chi connectivity index (χ0n) is 9.74. The SMILES string of the molecule is N#Cc1cccc(OCCn2ccc(=O)cc2)c1. The quantitative estimate of drug-likeness (QED) is 0.818. The van der Waals surface area contributed by atoms with Crippen LogP contribution in [0.4, 0.5) is 0 Å². The summed E-state index contributed by atoms with van der Waals surface area (Å²) in [4.78, 5) is 10.9. The molecule has 0 N–H and O–H groups in total. The van der Waals surface area contributed by atoms with Crippen LogP contribution < -0.4 is 10.2 Å². The molecule has 2 aromatic rings. The number of hydrogen-bond donors (Lipinski definition) is 0. The summed E-state index contributed by atoms with van der Waals surface area (Å²) in [7, 11) is 0. The fraction of sp³-hybridized carbons (Fsp3) is 0.143. The predicted molar refractivity (Wildman–Crippen MR) is 67.4 cm³/mol. The lowest BCUT2D eigenvalue weighted by molar-refractivity contribution is 0.298. The fourth-order valence-corrected chi connectivity index (χ4v) is 1.52. The van der Waals surface area contributed by atoms with Crippen molar-refractivity contribution in [3.63, 3.8) is 0 Å². The van der Waals surface area contributed by atoms with Gasteiger partial charge < -0.3 is 9.30 Å². The van der Waals surface area contributed by atoms with Crippen LogP contribution in [0.3, 0.4) is 0 Å². The van der Waals surface area contributed by atoms with Crippen LogP contribution in [0.5, 0.6) is 5.75 Å². The molecule has 0 fully saturated rings. The van der Waals surface area contributed by atoms with Crippen molar-refractivity contribution in [2.24, 2.45) is 0 Å². The molecule has 0 bridgehead atoms. The Kier molecular flexibility index (Phi) is 3.77. The molecule has 0 spiro atoms. The van der Waals surface area contributed by atoms with Gasteiger partial charge in [-0.15, -0.1) is 0 Å². The van der Waals surface area contributed by atoms with Gasteiger partial charge in [-0.05, 0) is 18.2 Å². The van der Waals surface area contributed by atoms with Crippen molar-refractivity contribution < 1.29 is 4.74 Å². The van der Waals surface area contributed by atoms with E-state index in [0.29, 0.717) is 24.5 Å². The number of nitrogens with zero attached hydrogens (tertiary/aromatic N) is 2. The van der Waals surface area contributed by atoms with Crippen LogP contribution in [0.15, 0.2) is 53.6 Å². The lowest BCUT2D eigenvalue weighted by Crippen LogP contribution is -2.10. The highest BCUT2D eigenvalue weighted by Crippen LogP contribution is 2.12. The first kappa shape index (κ1) is 11.9. The van der Waals surface area contributed by atoms with Crippen molar-refractivity contribution in [3.8, 4) is 11.8 Å². The van der Waals surface area contributed by atoms with Crippen molar-refractivity contribution in [2.75, 3.05) is 6.61 Å². The maximum atomic E-state index is 10.9. The van der Waals surface area contributed by atoms with Gasteiger partial charge in [0.2, 0.25) is 0 Å². The van der Waals surface area contributed by atoms with Crippen molar-refractivity contribution >= 4 is 0 Å². The molecule has 0 saturated heterocycles. The van der Waals surface area contributed by atoms with Gasteiger partial charge in [0, 0.05) is 24.5 Å². The number of rotatable bonds is 4. The zero-order valence-corrected chi connectivity index (χ0v) is 9.74. The molecule has 1 aromatic heterocycles. The lowest BCUT2D eigenvalue weighted by Gasteiger charge is -2.08. The molecule has 90 valence electrons. The van der Waals surface area contributed by atoms with Gasteiger partial charge in [-0.2, -0.15) is 5.26 Å². The third kappa shape index (κ3) is 3.22. The normalized spacial score (nSPS) is 9.72. The first-order chi connectivity index (χ1) is 8.78. The van der Waals surface area contributed by atoms with Crippen LogP contribution in [-0.2, 0) is 6.54 Å². The van der Waals surface area contributed by atoms with E-state index in [-0.39, 0.29) is 5.43 Å². The van der Waals surface area contributed by atoms with Gasteiger partial charge in [-0.25, -0.2) is 0 Å². The summed E-state index contributed by atoms with van der Waals surface area (Å²) in [5, 5.41) is 8.75. The minimum Gasteiger partial charge on any atom is -0.492 e. The Labute approximate surface area is 105 Å².